The molecule has 1 N–H and O–H groups in total. The summed E-state index contributed by atoms with van der Waals surface area (Å²) in [5, 5.41) is 3.24. The van der Waals surface area contributed by atoms with Crippen LogP contribution in [0.25, 0.3) is 5.69 Å². The molecule has 0 spiro atoms. The van der Waals surface area contributed by atoms with Crippen molar-refractivity contribution in [3.8, 4) is 5.69 Å². The standard InChI is InChI=1S/C14H13ClN2O2/c15-9-5-7-10(8-6-9)17-14(19)12-4-2-1-3-11(12)13(18)16-17/h5-8H,1-4H2,(H,16,18). The molecule has 0 bridgehead atoms. The van der Waals surface area contributed by atoms with Gasteiger partial charge < -0.3 is 0 Å². The van der Waals surface area contributed by atoms with E-state index in [2.05, 4.69) is 5.10 Å². The van der Waals surface area contributed by atoms with Crippen molar-refractivity contribution >= 4 is 11.6 Å². The molecule has 98 valence electrons. The van der Waals surface area contributed by atoms with Gasteiger partial charge in [0.05, 0.1) is 5.69 Å². The number of fused-ring (bicyclic) bond motifs is 1. The first kappa shape index (κ1) is 12.2. The zero-order valence-electron chi connectivity index (χ0n) is 10.3. The van der Waals surface area contributed by atoms with Crippen molar-refractivity contribution in [2.24, 2.45) is 0 Å². The molecular weight excluding hydrogens is 264 g/mol. The molecule has 1 aliphatic carbocycles. The molecule has 0 radical (unpaired) electrons. The predicted octanol–water partition coefficient (Wildman–Crippen LogP) is 2.06. The zero-order valence-corrected chi connectivity index (χ0v) is 11.0. The van der Waals surface area contributed by atoms with Gasteiger partial charge >= 0.3 is 0 Å². The van der Waals surface area contributed by atoms with Gasteiger partial charge in [0.2, 0.25) is 0 Å². The van der Waals surface area contributed by atoms with Gasteiger partial charge in [-0.15, -0.1) is 0 Å². The van der Waals surface area contributed by atoms with Gasteiger partial charge in [-0.2, -0.15) is 0 Å². The number of benzene rings is 1. The van der Waals surface area contributed by atoms with Crippen LogP contribution < -0.4 is 11.1 Å². The second kappa shape index (κ2) is 4.70. The molecule has 0 atom stereocenters. The third-order valence-corrected chi connectivity index (χ3v) is 3.75. The lowest BCUT2D eigenvalue weighted by Crippen LogP contribution is -2.35. The Labute approximate surface area is 114 Å². The van der Waals surface area contributed by atoms with E-state index in [4.69, 9.17) is 11.6 Å². The van der Waals surface area contributed by atoms with Crippen molar-refractivity contribution in [3.05, 3.63) is 61.1 Å². The Morgan fingerprint density at radius 2 is 1.63 bits per heavy atom. The number of H-pyrrole nitrogens is 1. The highest BCUT2D eigenvalue weighted by molar-refractivity contribution is 6.30. The summed E-state index contributed by atoms with van der Waals surface area (Å²) in [7, 11) is 0. The Kier molecular flexibility index (Phi) is 3.03. The summed E-state index contributed by atoms with van der Waals surface area (Å²) < 4.78 is 1.31. The fourth-order valence-electron chi connectivity index (χ4n) is 2.52. The molecule has 1 aliphatic rings. The number of aromatic nitrogens is 2. The minimum absolute atomic E-state index is 0.128. The zero-order chi connectivity index (χ0) is 13.4. The normalized spacial score (nSPS) is 14.2. The smallest absolute Gasteiger partial charge is 0.268 e. The molecule has 0 unspecified atom stereocenters. The van der Waals surface area contributed by atoms with Crippen LogP contribution in [0.2, 0.25) is 5.02 Å². The Morgan fingerprint density at radius 3 is 2.32 bits per heavy atom. The molecule has 0 saturated heterocycles. The van der Waals surface area contributed by atoms with Gasteiger partial charge in [0, 0.05) is 16.1 Å². The van der Waals surface area contributed by atoms with Gasteiger partial charge in [0.1, 0.15) is 0 Å². The van der Waals surface area contributed by atoms with Crippen molar-refractivity contribution in [2.45, 2.75) is 25.7 Å². The van der Waals surface area contributed by atoms with Crippen molar-refractivity contribution in [1.29, 1.82) is 0 Å². The van der Waals surface area contributed by atoms with E-state index in [0.29, 0.717) is 34.7 Å². The third kappa shape index (κ3) is 2.12. The summed E-state index contributed by atoms with van der Waals surface area (Å²) in [5.41, 5.74) is 1.65. The molecule has 1 aromatic heterocycles. The van der Waals surface area contributed by atoms with Gasteiger partial charge in [-0.3, -0.25) is 14.7 Å². The molecule has 0 fully saturated rings. The first-order valence-electron chi connectivity index (χ1n) is 6.30. The number of hydrogen-bond donors (Lipinski definition) is 1. The van der Waals surface area contributed by atoms with Gasteiger partial charge in [0.15, 0.2) is 0 Å². The molecular formula is C14H13ClN2O2. The predicted molar refractivity (Wildman–Crippen MR) is 74.3 cm³/mol. The van der Waals surface area contributed by atoms with E-state index in [1.165, 1.54) is 4.68 Å². The molecule has 4 nitrogen and oxygen atoms in total. The van der Waals surface area contributed by atoms with E-state index in [-0.39, 0.29) is 11.1 Å². The van der Waals surface area contributed by atoms with Crippen LogP contribution in [-0.4, -0.2) is 9.78 Å². The number of aromatic amines is 1. The summed E-state index contributed by atoms with van der Waals surface area (Å²) >= 11 is 5.83. The Morgan fingerprint density at radius 1 is 1.00 bits per heavy atom. The molecule has 0 saturated carbocycles. The second-order valence-corrected chi connectivity index (χ2v) is 5.16. The average molecular weight is 277 g/mol. The fraction of sp³-hybridized carbons (Fsp3) is 0.286. The first-order valence-corrected chi connectivity index (χ1v) is 6.67. The largest absolute Gasteiger partial charge is 0.273 e. The average Bonchev–Trinajstić information content (AvgIpc) is 2.44. The maximum absolute atomic E-state index is 12.4. The molecule has 0 aliphatic heterocycles. The van der Waals surface area contributed by atoms with Crippen LogP contribution >= 0.6 is 11.6 Å². The lowest BCUT2D eigenvalue weighted by atomic mass is 9.94. The molecule has 19 heavy (non-hydrogen) atoms. The highest BCUT2D eigenvalue weighted by Crippen LogP contribution is 2.15. The highest BCUT2D eigenvalue weighted by Gasteiger charge is 2.18. The Hall–Kier alpha value is -1.81. The minimum Gasteiger partial charge on any atom is -0.268 e. The number of rotatable bonds is 1. The topological polar surface area (TPSA) is 54.9 Å². The van der Waals surface area contributed by atoms with Gasteiger partial charge in [-0.25, -0.2) is 4.68 Å². The number of nitrogens with one attached hydrogen (secondary N) is 1. The molecule has 0 amide bonds. The lowest BCUT2D eigenvalue weighted by molar-refractivity contribution is 0.638. The second-order valence-electron chi connectivity index (χ2n) is 4.72. The third-order valence-electron chi connectivity index (χ3n) is 3.50. The first-order chi connectivity index (χ1) is 9.16. The number of nitrogens with zero attached hydrogens (tertiary/aromatic N) is 1. The summed E-state index contributed by atoms with van der Waals surface area (Å²) in [6.45, 7) is 0. The van der Waals surface area contributed by atoms with Crippen LogP contribution in [-0.2, 0) is 12.8 Å². The van der Waals surface area contributed by atoms with Gasteiger partial charge in [-0.1, -0.05) is 11.6 Å². The maximum Gasteiger partial charge on any atom is 0.273 e. The SMILES string of the molecule is O=c1[nH]n(-c2ccc(Cl)cc2)c(=O)c2c1CCCC2. The van der Waals surface area contributed by atoms with E-state index >= 15 is 0 Å². The minimum atomic E-state index is -0.163. The number of hydrogen-bond acceptors (Lipinski definition) is 2. The molecule has 1 aromatic carbocycles. The lowest BCUT2D eigenvalue weighted by Gasteiger charge is -2.16. The summed E-state index contributed by atoms with van der Waals surface area (Å²) in [6, 6.07) is 6.83. The Balaban J connectivity index is 2.23. The van der Waals surface area contributed by atoms with Crippen LogP contribution in [0.4, 0.5) is 0 Å². The molecule has 1 heterocycles. The van der Waals surface area contributed by atoms with Crippen LogP contribution in [0.5, 0.6) is 0 Å². The van der Waals surface area contributed by atoms with Gasteiger partial charge in [-0.05, 0) is 49.9 Å². The molecule has 5 heteroatoms. The number of halogens is 1. The van der Waals surface area contributed by atoms with Crippen molar-refractivity contribution in [1.82, 2.24) is 9.78 Å². The highest BCUT2D eigenvalue weighted by atomic mass is 35.5. The van der Waals surface area contributed by atoms with E-state index in [0.717, 1.165) is 12.8 Å². The van der Waals surface area contributed by atoms with Crippen LogP contribution in [0.1, 0.15) is 24.0 Å². The Bertz CT molecular complexity index is 729. The molecule has 3 rings (SSSR count). The van der Waals surface area contributed by atoms with Crippen molar-refractivity contribution < 1.29 is 0 Å². The summed E-state index contributed by atoms with van der Waals surface area (Å²) in [4.78, 5) is 24.4. The molecule has 2 aromatic rings. The summed E-state index contributed by atoms with van der Waals surface area (Å²) in [6.07, 6.45) is 3.32. The van der Waals surface area contributed by atoms with Gasteiger partial charge in [0.25, 0.3) is 11.1 Å². The van der Waals surface area contributed by atoms with Crippen LogP contribution in [0.15, 0.2) is 33.9 Å². The monoisotopic (exact) mass is 276 g/mol. The fourth-order valence-corrected chi connectivity index (χ4v) is 2.64. The van der Waals surface area contributed by atoms with Crippen LogP contribution in [0.3, 0.4) is 0 Å². The van der Waals surface area contributed by atoms with E-state index in [9.17, 15) is 9.59 Å². The van der Waals surface area contributed by atoms with E-state index in [1.807, 2.05) is 0 Å². The maximum atomic E-state index is 12.4. The van der Waals surface area contributed by atoms with E-state index < -0.39 is 0 Å². The van der Waals surface area contributed by atoms with Crippen molar-refractivity contribution in [3.63, 3.8) is 0 Å². The van der Waals surface area contributed by atoms with E-state index in [1.54, 1.807) is 24.3 Å². The van der Waals surface area contributed by atoms with Crippen LogP contribution in [0, 0.1) is 0 Å². The quantitative estimate of drug-likeness (QED) is 0.867. The van der Waals surface area contributed by atoms with Crippen molar-refractivity contribution in [2.75, 3.05) is 0 Å². The summed E-state index contributed by atoms with van der Waals surface area (Å²) in [5.74, 6) is 0.